The number of piperazine rings is 1. The molecule has 0 atom stereocenters. The second kappa shape index (κ2) is 8.90. The van der Waals surface area contributed by atoms with E-state index in [9.17, 15) is 8.78 Å². The molecule has 4 heterocycles. The summed E-state index contributed by atoms with van der Waals surface area (Å²) in [5, 5.41) is 0. The minimum atomic E-state index is -2.56. The van der Waals surface area contributed by atoms with E-state index in [1.54, 1.807) is 7.11 Å². The largest absolute Gasteiger partial charge is 0.496 e. The number of aromatic nitrogens is 3. The molecule has 0 spiro atoms. The first-order valence-corrected chi connectivity index (χ1v) is 10.8. The lowest BCUT2D eigenvalue weighted by Gasteiger charge is -2.36. The fraction of sp³-hybridized carbons (Fsp3) is 0.591. The molecule has 9 heteroatoms. The van der Waals surface area contributed by atoms with Crippen molar-refractivity contribution in [1.82, 2.24) is 19.9 Å². The maximum absolute atomic E-state index is 13.5. The Kier molecular flexibility index (Phi) is 6.22. The number of ether oxygens (including phenoxy) is 1. The Morgan fingerprint density at radius 1 is 0.935 bits per heavy atom. The van der Waals surface area contributed by atoms with Crippen LogP contribution in [0, 0.1) is 13.8 Å². The third-order valence-corrected chi connectivity index (χ3v) is 6.28. The highest BCUT2D eigenvalue weighted by atomic mass is 19.3. The van der Waals surface area contributed by atoms with E-state index in [4.69, 9.17) is 4.74 Å². The van der Waals surface area contributed by atoms with Crippen LogP contribution in [0.1, 0.15) is 29.7 Å². The molecular formula is C22H30F2N6O. The number of nitrogens with zero attached hydrogens (tertiary/aromatic N) is 6. The number of piperidine rings is 1. The Bertz CT molecular complexity index is 907. The molecule has 0 unspecified atom stereocenters. The van der Waals surface area contributed by atoms with Crippen molar-refractivity contribution in [2.45, 2.75) is 39.2 Å². The predicted molar refractivity (Wildman–Crippen MR) is 116 cm³/mol. The van der Waals surface area contributed by atoms with Gasteiger partial charge in [0.15, 0.2) is 0 Å². The van der Waals surface area contributed by atoms with Gasteiger partial charge in [0.1, 0.15) is 23.7 Å². The van der Waals surface area contributed by atoms with Gasteiger partial charge >= 0.3 is 0 Å². The van der Waals surface area contributed by atoms with Gasteiger partial charge in [-0.25, -0.2) is 18.7 Å². The van der Waals surface area contributed by atoms with Gasteiger partial charge in [-0.2, -0.15) is 0 Å². The van der Waals surface area contributed by atoms with Gasteiger partial charge in [0.25, 0.3) is 5.92 Å². The molecule has 7 nitrogen and oxygen atoms in total. The van der Waals surface area contributed by atoms with E-state index < -0.39 is 5.92 Å². The van der Waals surface area contributed by atoms with Crippen LogP contribution in [0.2, 0.25) is 0 Å². The summed E-state index contributed by atoms with van der Waals surface area (Å²) in [6.07, 6.45) is 3.16. The van der Waals surface area contributed by atoms with Gasteiger partial charge < -0.3 is 14.5 Å². The quantitative estimate of drug-likeness (QED) is 0.720. The number of aryl methyl sites for hydroxylation is 1. The molecule has 2 saturated heterocycles. The zero-order valence-electron chi connectivity index (χ0n) is 18.4. The molecule has 31 heavy (non-hydrogen) atoms. The van der Waals surface area contributed by atoms with E-state index in [0.29, 0.717) is 13.1 Å². The van der Waals surface area contributed by atoms with Crippen LogP contribution >= 0.6 is 0 Å². The Morgan fingerprint density at radius 2 is 1.55 bits per heavy atom. The molecular weight excluding hydrogens is 402 g/mol. The zero-order chi connectivity index (χ0) is 22.0. The molecule has 0 amide bonds. The average molecular weight is 433 g/mol. The molecule has 0 radical (unpaired) electrons. The summed E-state index contributed by atoms with van der Waals surface area (Å²) in [5.41, 5.74) is 3.19. The zero-order valence-corrected chi connectivity index (χ0v) is 18.4. The molecule has 0 saturated carbocycles. The number of alkyl halides is 2. The summed E-state index contributed by atoms with van der Waals surface area (Å²) in [4.78, 5) is 19.9. The molecule has 2 aliphatic heterocycles. The first-order chi connectivity index (χ1) is 14.9. The lowest BCUT2D eigenvalue weighted by Crippen LogP contribution is -2.46. The van der Waals surface area contributed by atoms with Crippen molar-refractivity contribution in [2.24, 2.45) is 0 Å². The molecule has 0 aromatic carbocycles. The van der Waals surface area contributed by atoms with Crippen LogP contribution < -0.4 is 14.5 Å². The molecule has 2 aromatic heterocycles. The van der Waals surface area contributed by atoms with Gasteiger partial charge in [-0.3, -0.25) is 9.88 Å². The second-order valence-corrected chi connectivity index (χ2v) is 8.39. The molecule has 2 aromatic rings. The van der Waals surface area contributed by atoms with Crippen molar-refractivity contribution in [3.05, 3.63) is 35.4 Å². The number of pyridine rings is 1. The van der Waals surface area contributed by atoms with Crippen molar-refractivity contribution in [3.8, 4) is 5.75 Å². The van der Waals surface area contributed by atoms with Crippen LogP contribution in [-0.4, -0.2) is 72.2 Å². The van der Waals surface area contributed by atoms with Crippen LogP contribution in [-0.2, 0) is 6.54 Å². The number of hydrogen-bond donors (Lipinski definition) is 0. The van der Waals surface area contributed by atoms with Crippen molar-refractivity contribution in [2.75, 3.05) is 56.2 Å². The van der Waals surface area contributed by atoms with E-state index in [1.165, 1.54) is 6.33 Å². The molecule has 0 N–H and O–H groups in total. The van der Waals surface area contributed by atoms with E-state index >= 15 is 0 Å². The van der Waals surface area contributed by atoms with Crippen molar-refractivity contribution >= 4 is 11.6 Å². The summed E-state index contributed by atoms with van der Waals surface area (Å²) in [6.45, 7) is 8.98. The van der Waals surface area contributed by atoms with E-state index in [0.717, 1.165) is 66.9 Å². The second-order valence-electron chi connectivity index (χ2n) is 8.39. The van der Waals surface area contributed by atoms with Crippen LogP contribution in [0.3, 0.4) is 0 Å². The standard InChI is InChI=1S/C22H30F2N6O/c1-16-13-25-18(17(2)21(16)31-3)14-28-8-10-30(11-9-28)20-12-19(26-15-27-20)29-6-4-22(23,24)5-7-29/h12-13,15H,4-11,14H2,1-3H3. The number of halogens is 2. The minimum absolute atomic E-state index is 0.123. The molecule has 168 valence electrons. The van der Waals surface area contributed by atoms with Gasteiger partial charge in [-0.05, 0) is 13.8 Å². The summed E-state index contributed by atoms with van der Waals surface area (Å²) >= 11 is 0. The molecule has 2 aliphatic rings. The monoisotopic (exact) mass is 432 g/mol. The lowest BCUT2D eigenvalue weighted by molar-refractivity contribution is -0.0221. The Hall–Kier alpha value is -2.55. The summed E-state index contributed by atoms with van der Waals surface area (Å²) in [5.74, 6) is -0.0624. The topological polar surface area (TPSA) is 57.6 Å². The SMILES string of the molecule is COc1c(C)cnc(CN2CCN(c3cc(N4CCC(F)(F)CC4)ncn3)CC2)c1C. The summed E-state index contributed by atoms with van der Waals surface area (Å²) in [7, 11) is 1.70. The normalized spacial score (nSPS) is 19.5. The highest BCUT2D eigenvalue weighted by molar-refractivity contribution is 5.50. The fourth-order valence-corrected chi connectivity index (χ4v) is 4.32. The van der Waals surface area contributed by atoms with Gasteiger partial charge in [0, 0.05) is 82.0 Å². The Morgan fingerprint density at radius 3 is 2.16 bits per heavy atom. The third kappa shape index (κ3) is 4.87. The highest BCUT2D eigenvalue weighted by Gasteiger charge is 2.34. The van der Waals surface area contributed by atoms with Crippen molar-refractivity contribution < 1.29 is 13.5 Å². The number of anilines is 2. The number of methoxy groups -OCH3 is 1. The highest BCUT2D eigenvalue weighted by Crippen LogP contribution is 2.30. The first kappa shape index (κ1) is 21.7. The molecule has 4 rings (SSSR count). The van der Waals surface area contributed by atoms with E-state index in [2.05, 4.69) is 31.7 Å². The minimum Gasteiger partial charge on any atom is -0.496 e. The van der Waals surface area contributed by atoms with Gasteiger partial charge in [-0.1, -0.05) is 0 Å². The van der Waals surface area contributed by atoms with Gasteiger partial charge in [-0.15, -0.1) is 0 Å². The summed E-state index contributed by atoms with van der Waals surface area (Å²) in [6, 6.07) is 1.93. The van der Waals surface area contributed by atoms with Crippen LogP contribution in [0.15, 0.2) is 18.6 Å². The number of hydrogen-bond acceptors (Lipinski definition) is 7. The van der Waals surface area contributed by atoms with Gasteiger partial charge in [0.2, 0.25) is 0 Å². The third-order valence-electron chi connectivity index (χ3n) is 6.28. The maximum atomic E-state index is 13.5. The van der Waals surface area contributed by atoms with Gasteiger partial charge in [0.05, 0.1) is 12.8 Å². The smallest absolute Gasteiger partial charge is 0.251 e. The lowest BCUT2D eigenvalue weighted by atomic mass is 10.1. The fourth-order valence-electron chi connectivity index (χ4n) is 4.32. The summed E-state index contributed by atoms with van der Waals surface area (Å²) < 4.78 is 32.4. The molecule has 0 aliphatic carbocycles. The maximum Gasteiger partial charge on any atom is 0.251 e. The van der Waals surface area contributed by atoms with Crippen molar-refractivity contribution in [3.63, 3.8) is 0 Å². The van der Waals surface area contributed by atoms with E-state index in [1.807, 2.05) is 24.1 Å². The predicted octanol–water partition coefficient (Wildman–Crippen LogP) is 3.05. The van der Waals surface area contributed by atoms with E-state index in [-0.39, 0.29) is 12.8 Å². The van der Waals surface area contributed by atoms with Crippen LogP contribution in [0.25, 0.3) is 0 Å². The average Bonchev–Trinajstić information content (AvgIpc) is 2.77. The number of rotatable bonds is 5. The Balaban J connectivity index is 1.36. The van der Waals surface area contributed by atoms with Crippen LogP contribution in [0.4, 0.5) is 20.4 Å². The van der Waals surface area contributed by atoms with Crippen LogP contribution in [0.5, 0.6) is 5.75 Å². The molecule has 2 fully saturated rings. The first-order valence-electron chi connectivity index (χ1n) is 10.8. The molecule has 0 bridgehead atoms. The van der Waals surface area contributed by atoms with Crippen molar-refractivity contribution in [1.29, 1.82) is 0 Å². The Labute approximate surface area is 182 Å².